The Kier molecular flexibility index (Phi) is 12.9. The van der Waals surface area contributed by atoms with Crippen LogP contribution in [0.3, 0.4) is 0 Å². The first-order valence-electron chi connectivity index (χ1n) is 26.8. The average Bonchev–Trinajstić information content (AvgIpc) is 2.37. The molecule has 0 radical (unpaired) electrons. The van der Waals surface area contributed by atoms with Crippen LogP contribution in [0.5, 0.6) is 0 Å². The van der Waals surface area contributed by atoms with Crippen LogP contribution in [-0.2, 0) is 12.4 Å². The van der Waals surface area contributed by atoms with E-state index in [1.165, 1.54) is 12.1 Å². The zero-order valence-corrected chi connectivity index (χ0v) is 44.8. The van der Waals surface area contributed by atoms with Crippen molar-refractivity contribution in [3.8, 4) is 108 Å². The molecule has 0 amide bonds. The van der Waals surface area contributed by atoms with Crippen molar-refractivity contribution in [2.24, 2.45) is 0 Å². The van der Waals surface area contributed by atoms with Crippen LogP contribution in [0.15, 0.2) is 224 Å². The lowest BCUT2D eigenvalue weighted by Crippen LogP contribution is -2.11. The number of benzene rings is 11. The lowest BCUT2D eigenvalue weighted by atomic mass is 9.92. The first-order chi connectivity index (χ1) is 41.6. The molecule has 0 bridgehead atoms. The van der Waals surface area contributed by atoms with E-state index in [4.69, 9.17) is 0 Å². The van der Waals surface area contributed by atoms with Gasteiger partial charge in [-0.15, -0.1) is 0 Å². The molecule has 11 aromatic carbocycles. The molecule has 406 valence electrons. The third kappa shape index (κ3) is 9.46. The van der Waals surface area contributed by atoms with Crippen molar-refractivity contribution in [1.82, 2.24) is 9.13 Å². The minimum Gasteiger partial charge on any atom is -0.309 e. The number of nitrogens with zero attached hydrogens (tertiary/aromatic N) is 7. The van der Waals surface area contributed by atoms with Gasteiger partial charge >= 0.3 is 12.4 Å². The predicted octanol–water partition coefficient (Wildman–Crippen LogP) is 19.3. The van der Waals surface area contributed by atoms with Crippen LogP contribution in [-0.4, -0.2) is 9.13 Å². The Labute approximate surface area is 487 Å². The summed E-state index contributed by atoms with van der Waals surface area (Å²) in [6.45, 7) is 0. The van der Waals surface area contributed by atoms with Crippen LogP contribution in [0.25, 0.3) is 122 Å². The van der Waals surface area contributed by atoms with Crippen molar-refractivity contribution in [3.05, 3.63) is 263 Å². The molecule has 2 heterocycles. The topological polar surface area (TPSA) is 129 Å². The summed E-state index contributed by atoms with van der Waals surface area (Å²) in [7, 11) is 0. The van der Waals surface area contributed by atoms with Gasteiger partial charge < -0.3 is 9.13 Å². The van der Waals surface area contributed by atoms with Gasteiger partial charge in [0.2, 0.25) is 0 Å². The molecule has 0 saturated carbocycles. The van der Waals surface area contributed by atoms with Crippen LogP contribution < -0.4 is 0 Å². The van der Waals surface area contributed by atoms with Crippen molar-refractivity contribution in [3.63, 3.8) is 0 Å². The summed E-state index contributed by atoms with van der Waals surface area (Å²) < 4.78 is 91.6. The van der Waals surface area contributed by atoms with Gasteiger partial charge in [-0.1, -0.05) is 78.9 Å². The summed E-state index contributed by atoms with van der Waals surface area (Å²) in [6, 6.07) is 74.9. The normalized spacial score (nSPS) is 11.5. The van der Waals surface area contributed by atoms with Gasteiger partial charge in [-0.25, -0.2) is 0 Å². The monoisotopic (exact) mass is 1130 g/mol. The third-order valence-corrected chi connectivity index (χ3v) is 15.7. The molecule has 0 fully saturated rings. The van der Waals surface area contributed by atoms with Crippen LogP contribution in [0.4, 0.5) is 26.3 Å². The third-order valence-electron chi connectivity index (χ3n) is 15.7. The number of fused-ring (bicyclic) bond motifs is 6. The number of aromatic nitrogens is 2. The molecule has 0 atom stereocenters. The average molecular weight is 1130 g/mol. The Hall–Kier alpha value is -12.0. The molecule has 86 heavy (non-hydrogen) atoms. The second-order valence-electron chi connectivity index (χ2n) is 20.7. The highest BCUT2D eigenvalue weighted by Crippen LogP contribution is 2.46. The first kappa shape index (κ1) is 53.4. The summed E-state index contributed by atoms with van der Waals surface area (Å²) in [5.41, 5.74) is 9.41. The Balaban J connectivity index is 1.10. The second-order valence-corrected chi connectivity index (χ2v) is 20.7. The van der Waals surface area contributed by atoms with Gasteiger partial charge in [0.05, 0.1) is 97.0 Å². The Morgan fingerprint density at radius 1 is 0.279 bits per heavy atom. The molecule has 0 saturated heterocycles. The molecule has 0 aliphatic rings. The molecular formula is C73H37F6N7. The largest absolute Gasteiger partial charge is 0.416 e. The molecule has 0 N–H and O–H groups in total. The minimum atomic E-state index is -5.14. The summed E-state index contributed by atoms with van der Waals surface area (Å²) in [5, 5.41) is 53.7. The lowest BCUT2D eigenvalue weighted by molar-refractivity contribution is -0.143. The Morgan fingerprint density at radius 3 is 0.988 bits per heavy atom. The highest BCUT2D eigenvalue weighted by Gasteiger charge is 2.37. The molecule has 0 unspecified atom stereocenters. The van der Waals surface area contributed by atoms with Crippen molar-refractivity contribution in [2.45, 2.75) is 12.4 Å². The van der Waals surface area contributed by atoms with E-state index >= 15 is 0 Å². The maximum Gasteiger partial charge on any atom is 0.416 e. The number of halogens is 6. The highest BCUT2D eigenvalue weighted by atomic mass is 19.4. The van der Waals surface area contributed by atoms with E-state index < -0.39 is 23.5 Å². The number of rotatable bonds is 8. The number of nitriles is 5. The van der Waals surface area contributed by atoms with Crippen LogP contribution in [0, 0.1) is 56.7 Å². The van der Waals surface area contributed by atoms with Crippen molar-refractivity contribution in [2.75, 3.05) is 0 Å². The van der Waals surface area contributed by atoms with Crippen molar-refractivity contribution >= 4 is 43.6 Å². The molecule has 2 aromatic heterocycles. The van der Waals surface area contributed by atoms with Crippen molar-refractivity contribution < 1.29 is 26.3 Å². The van der Waals surface area contributed by atoms with E-state index in [0.29, 0.717) is 67.9 Å². The van der Waals surface area contributed by atoms with Gasteiger partial charge in [-0.05, 0) is 201 Å². The summed E-state index contributed by atoms with van der Waals surface area (Å²) in [5.74, 6) is 0. The molecule has 7 nitrogen and oxygen atoms in total. The van der Waals surface area contributed by atoms with E-state index in [2.05, 4.69) is 30.3 Å². The molecule has 0 spiro atoms. The van der Waals surface area contributed by atoms with Gasteiger partial charge in [0.25, 0.3) is 0 Å². The van der Waals surface area contributed by atoms with E-state index in [1.807, 2.05) is 118 Å². The maximum atomic E-state index is 14.6. The van der Waals surface area contributed by atoms with Gasteiger partial charge in [-0.2, -0.15) is 52.7 Å². The minimum absolute atomic E-state index is 0.00703. The van der Waals surface area contributed by atoms with Gasteiger partial charge in [0, 0.05) is 38.4 Å². The molecule has 13 heteroatoms. The Morgan fingerprint density at radius 2 is 0.628 bits per heavy atom. The molecule has 13 rings (SSSR count). The highest BCUT2D eigenvalue weighted by molar-refractivity contribution is 6.13. The van der Waals surface area contributed by atoms with Gasteiger partial charge in [0.15, 0.2) is 0 Å². The SMILES string of the molecule is N#Cc1cccc(-c2ccc3c(c2)c2cc(-c4cccc(C#N)c4)ccc2n3-c2ccc(C#N)c(-c3cc(-c4cc(C(F)(F)F)cc(C(F)(F)F)c4)ccc3-n3c4ccc(-c5cccc(C#N)c5)cc4c4cc(-c5cccc(C#N)c5)ccc43)c2)c1. The Bertz CT molecular complexity index is 4980. The van der Waals surface area contributed by atoms with E-state index in [1.54, 1.807) is 84.9 Å². The van der Waals surface area contributed by atoms with E-state index in [-0.39, 0.29) is 22.8 Å². The van der Waals surface area contributed by atoms with Crippen LogP contribution in [0.2, 0.25) is 0 Å². The lowest BCUT2D eigenvalue weighted by Gasteiger charge is -2.19. The van der Waals surface area contributed by atoms with Gasteiger partial charge in [0.1, 0.15) is 0 Å². The zero-order chi connectivity index (χ0) is 59.6. The molecular weight excluding hydrogens is 1090 g/mol. The quantitative estimate of drug-likeness (QED) is 0.140. The van der Waals surface area contributed by atoms with Crippen LogP contribution >= 0.6 is 0 Å². The molecule has 0 aliphatic carbocycles. The fraction of sp³-hybridized carbons (Fsp3) is 0.0274. The summed E-state index contributed by atoms with van der Waals surface area (Å²) in [4.78, 5) is 0. The number of hydrogen-bond acceptors (Lipinski definition) is 5. The zero-order valence-electron chi connectivity index (χ0n) is 44.8. The van der Waals surface area contributed by atoms with Gasteiger partial charge in [-0.3, -0.25) is 0 Å². The number of hydrogen-bond donors (Lipinski definition) is 0. The first-order valence-corrected chi connectivity index (χ1v) is 26.8. The molecule has 0 aliphatic heterocycles. The summed E-state index contributed by atoms with van der Waals surface area (Å²) in [6.07, 6.45) is -10.3. The van der Waals surface area contributed by atoms with E-state index in [0.717, 1.165) is 77.1 Å². The predicted molar refractivity (Wildman–Crippen MR) is 321 cm³/mol. The van der Waals surface area contributed by atoms with E-state index in [9.17, 15) is 52.7 Å². The number of alkyl halides is 6. The smallest absolute Gasteiger partial charge is 0.309 e. The standard InChI is InChI=1S/C73H37F6N7/c74-72(75,76)58-29-57(30-59(36-58)73(77,78)79)55-18-24-69(86-70-22-16-53(49-11-3-7-45(27-49)40-82)33-65(70)66-34-54(17-23-71(66)86)50-12-4-8-46(28-50)41-83)62(35-55)61-37-60(19-13-56(61)42-84)85-67-20-14-51(47-9-1-5-43(25-47)38-80)31-63(67)64-32-52(15-21-68(64)85)48-10-2-6-44(26-48)39-81/h1-37H. The van der Waals surface area contributed by atoms with Crippen LogP contribution in [0.1, 0.15) is 38.9 Å². The fourth-order valence-corrected chi connectivity index (χ4v) is 11.6. The summed E-state index contributed by atoms with van der Waals surface area (Å²) >= 11 is 0. The second kappa shape index (κ2) is 20.8. The van der Waals surface area contributed by atoms with Crippen molar-refractivity contribution in [1.29, 1.82) is 26.3 Å². The maximum absolute atomic E-state index is 14.6. The fourth-order valence-electron chi connectivity index (χ4n) is 11.6. The molecule has 13 aromatic rings.